The summed E-state index contributed by atoms with van der Waals surface area (Å²) in [6, 6.07) is 18.5. The van der Waals surface area contributed by atoms with Crippen molar-refractivity contribution < 1.29 is 19.8 Å². The highest BCUT2D eigenvalue weighted by molar-refractivity contribution is 7.15. The first kappa shape index (κ1) is 49.6. The van der Waals surface area contributed by atoms with Gasteiger partial charge in [0.15, 0.2) is 11.6 Å². The number of hydrogen-bond acceptors (Lipinski definition) is 13. The summed E-state index contributed by atoms with van der Waals surface area (Å²) in [4.78, 5) is 43.9. The Balaban J connectivity index is 0.744. The lowest BCUT2D eigenvalue weighted by Crippen LogP contribution is -2.48. The fraction of sp³-hybridized carbons (Fsp3) is 0.463. The number of aromatic hydroxyl groups is 2. The van der Waals surface area contributed by atoms with Gasteiger partial charge in [0, 0.05) is 98.2 Å². The molecule has 0 bridgehead atoms. The molecular weight excluding hydrogens is 948 g/mol. The van der Waals surface area contributed by atoms with Gasteiger partial charge in [-0.1, -0.05) is 49.2 Å². The number of carbonyl (C=O) groups is 2. The first-order valence-corrected chi connectivity index (χ1v) is 26.8. The summed E-state index contributed by atoms with van der Waals surface area (Å²) in [7, 11) is 0. The first-order chi connectivity index (χ1) is 34.9. The Labute approximate surface area is 430 Å². The number of likely N-dealkylation sites (tertiary alicyclic amines) is 2. The number of aromatic nitrogens is 6. The predicted molar refractivity (Wildman–Crippen MR) is 281 cm³/mol. The molecule has 0 radical (unpaired) electrons. The molecule has 3 aromatic heterocycles. The number of nitrogens with zero attached hydrogens (tertiary/aromatic N) is 11. The number of piperidine rings is 2. The lowest BCUT2D eigenvalue weighted by molar-refractivity contribution is -0.133. The number of nitrogens with one attached hydrogen (secondary N) is 1. The van der Waals surface area contributed by atoms with E-state index in [-0.39, 0.29) is 35.6 Å². The number of aliphatic imine (C=N–C) groups is 1. The molecule has 2 amide bonds. The number of piperazine rings is 1. The standard InChI is InChI=1S/C54H65ClN12O4S/c1-5-39-29-43(46(69)31-45(39)68)50-59-61-52(53(71)56-19-24-62-20-7-6-8-21-62)67(50)42-15-9-37(10-16-42)32-63-25-27-64(28-26-63)33-38-17-22-65(23-18-38)47(70)30-44-51-60-58-36(4)66(51)54-48(34(2)35(3)72-54)49(57-44)40-11-13-41(55)14-12-40/h9-16,29,31,38,44,68-69H,5-8,17-28,30,32-33H2,1-4H3,(H,56,71)/t44-/m0/s1. The molecule has 1 atom stereocenters. The predicted octanol–water partition coefficient (Wildman–Crippen LogP) is 7.68. The number of hydrogen-bond donors (Lipinski definition) is 3. The summed E-state index contributed by atoms with van der Waals surface area (Å²) in [5, 5.41) is 44.1. The molecule has 3 aromatic carbocycles. The van der Waals surface area contributed by atoms with Crippen molar-refractivity contribution in [1.82, 2.24) is 54.4 Å². The third-order valence-electron chi connectivity index (χ3n) is 15.1. The fourth-order valence-corrected chi connectivity index (χ4v) is 12.2. The molecule has 18 heteroatoms. The number of halogens is 1. The zero-order valence-electron chi connectivity index (χ0n) is 41.8. The van der Waals surface area contributed by atoms with Crippen LogP contribution in [0.2, 0.25) is 5.02 Å². The van der Waals surface area contributed by atoms with Crippen LogP contribution in [0.4, 0.5) is 0 Å². The van der Waals surface area contributed by atoms with E-state index in [4.69, 9.17) is 16.6 Å². The van der Waals surface area contributed by atoms with Gasteiger partial charge in [-0.05, 0) is 119 Å². The molecule has 16 nitrogen and oxygen atoms in total. The van der Waals surface area contributed by atoms with Crippen LogP contribution >= 0.6 is 22.9 Å². The molecule has 3 N–H and O–H groups in total. The van der Waals surface area contributed by atoms with Crippen molar-refractivity contribution in [2.75, 3.05) is 72.0 Å². The summed E-state index contributed by atoms with van der Waals surface area (Å²) in [6.45, 7) is 18.6. The van der Waals surface area contributed by atoms with Gasteiger partial charge in [-0.3, -0.25) is 28.6 Å². The first-order valence-electron chi connectivity index (χ1n) is 25.6. The van der Waals surface area contributed by atoms with Crippen molar-refractivity contribution in [3.63, 3.8) is 0 Å². The quantitative estimate of drug-likeness (QED) is 0.0977. The van der Waals surface area contributed by atoms with Crippen LogP contribution < -0.4 is 5.32 Å². The van der Waals surface area contributed by atoms with E-state index in [1.54, 1.807) is 22.0 Å². The summed E-state index contributed by atoms with van der Waals surface area (Å²) in [5.41, 5.74) is 6.94. The van der Waals surface area contributed by atoms with E-state index in [0.29, 0.717) is 52.4 Å². The van der Waals surface area contributed by atoms with Gasteiger partial charge in [-0.15, -0.1) is 31.7 Å². The highest BCUT2D eigenvalue weighted by Gasteiger charge is 2.35. The number of thiophene rings is 1. The van der Waals surface area contributed by atoms with Gasteiger partial charge in [0.25, 0.3) is 5.91 Å². The molecule has 4 aliphatic rings. The van der Waals surface area contributed by atoms with Gasteiger partial charge in [0.2, 0.25) is 11.7 Å². The Hall–Kier alpha value is -5.98. The molecule has 0 spiro atoms. The largest absolute Gasteiger partial charge is 0.508 e. The number of carbonyl (C=O) groups excluding carboxylic acids is 2. The monoisotopic (exact) mass is 1010 g/mol. The SMILES string of the molecule is CCc1cc(-c2nnc(C(=O)NCCN3CCCCC3)n2-c2ccc(CN3CCN(CC4CCN(C(=O)C[C@@H]5N=C(c6ccc(Cl)cc6)c6c(sc(C)c6C)-n6c(C)nnc65)CC4)CC3)cc2)c(O)cc1O. The average Bonchev–Trinajstić information content (AvgIpc) is 4.06. The molecule has 0 unspecified atom stereocenters. The highest BCUT2D eigenvalue weighted by Crippen LogP contribution is 2.40. The summed E-state index contributed by atoms with van der Waals surface area (Å²) >= 11 is 8.03. The third kappa shape index (κ3) is 10.4. The van der Waals surface area contributed by atoms with Crippen LogP contribution in [0.1, 0.15) is 106 Å². The molecule has 72 heavy (non-hydrogen) atoms. The Bertz CT molecular complexity index is 2940. The number of phenolic OH excluding ortho intramolecular Hbond substituents is 2. The van der Waals surface area contributed by atoms with Gasteiger partial charge < -0.3 is 30.2 Å². The van der Waals surface area contributed by atoms with Crippen molar-refractivity contribution in [3.8, 4) is 33.6 Å². The fourth-order valence-electron chi connectivity index (χ4n) is 10.8. The van der Waals surface area contributed by atoms with Crippen molar-refractivity contribution >= 4 is 40.5 Å². The average molecular weight is 1010 g/mol. The van der Waals surface area contributed by atoms with E-state index in [1.165, 1.54) is 35.8 Å². The molecule has 4 aliphatic heterocycles. The maximum absolute atomic E-state index is 14.1. The van der Waals surface area contributed by atoms with E-state index in [0.717, 1.165) is 118 Å². The zero-order valence-corrected chi connectivity index (χ0v) is 43.4. The molecule has 6 aromatic rings. The van der Waals surface area contributed by atoms with E-state index in [1.807, 2.05) is 55.1 Å². The number of phenols is 2. The van der Waals surface area contributed by atoms with Crippen LogP contribution in [0, 0.1) is 26.7 Å². The second-order valence-electron chi connectivity index (χ2n) is 19.9. The molecule has 7 heterocycles. The summed E-state index contributed by atoms with van der Waals surface area (Å²) in [6.07, 6.45) is 6.32. The topological polar surface area (TPSA) is 173 Å². The van der Waals surface area contributed by atoms with Gasteiger partial charge in [-0.2, -0.15) is 0 Å². The lowest BCUT2D eigenvalue weighted by Gasteiger charge is -2.39. The van der Waals surface area contributed by atoms with Gasteiger partial charge in [-0.25, -0.2) is 0 Å². The van der Waals surface area contributed by atoms with Crippen molar-refractivity contribution in [1.29, 1.82) is 0 Å². The summed E-state index contributed by atoms with van der Waals surface area (Å²) < 4.78 is 3.80. The molecule has 0 saturated carbocycles. The smallest absolute Gasteiger partial charge is 0.289 e. The van der Waals surface area contributed by atoms with Crippen molar-refractivity contribution in [3.05, 3.63) is 116 Å². The maximum Gasteiger partial charge on any atom is 0.289 e. The van der Waals surface area contributed by atoms with E-state index in [2.05, 4.69) is 71.0 Å². The Morgan fingerprint density at radius 3 is 2.24 bits per heavy atom. The lowest BCUT2D eigenvalue weighted by atomic mass is 9.95. The van der Waals surface area contributed by atoms with E-state index in [9.17, 15) is 19.8 Å². The number of amides is 2. The number of aryl methyl sites for hydroxylation is 3. The molecule has 0 aliphatic carbocycles. The third-order valence-corrected chi connectivity index (χ3v) is 16.6. The maximum atomic E-state index is 14.1. The zero-order chi connectivity index (χ0) is 50.0. The molecule has 3 saturated heterocycles. The van der Waals surface area contributed by atoms with Crippen LogP contribution in [0.25, 0.3) is 22.1 Å². The highest BCUT2D eigenvalue weighted by atomic mass is 35.5. The van der Waals surface area contributed by atoms with E-state index < -0.39 is 6.04 Å². The minimum Gasteiger partial charge on any atom is -0.508 e. The minimum atomic E-state index is -0.483. The van der Waals surface area contributed by atoms with Gasteiger partial charge >= 0.3 is 0 Å². The molecule has 378 valence electrons. The van der Waals surface area contributed by atoms with Crippen LogP contribution in [-0.4, -0.2) is 149 Å². The van der Waals surface area contributed by atoms with Crippen LogP contribution in [0.15, 0.2) is 65.7 Å². The second kappa shape index (κ2) is 21.6. The second-order valence-corrected chi connectivity index (χ2v) is 21.5. The number of rotatable bonds is 14. The Kier molecular flexibility index (Phi) is 14.9. The van der Waals surface area contributed by atoms with Crippen LogP contribution in [0.3, 0.4) is 0 Å². The molecule has 10 rings (SSSR count). The normalized spacial score (nSPS) is 18.2. The van der Waals surface area contributed by atoms with Crippen molar-refractivity contribution in [2.45, 2.75) is 85.2 Å². The minimum absolute atomic E-state index is 0.00786. The van der Waals surface area contributed by atoms with Crippen molar-refractivity contribution in [2.24, 2.45) is 10.9 Å². The number of benzene rings is 3. The number of fused-ring (bicyclic) bond motifs is 3. The summed E-state index contributed by atoms with van der Waals surface area (Å²) in [5.74, 6) is 2.08. The Morgan fingerprint density at radius 2 is 1.51 bits per heavy atom. The van der Waals surface area contributed by atoms with Crippen LogP contribution in [0.5, 0.6) is 11.5 Å². The van der Waals surface area contributed by atoms with Gasteiger partial charge in [0.1, 0.15) is 28.4 Å². The van der Waals surface area contributed by atoms with Crippen LogP contribution in [-0.2, 0) is 17.8 Å². The molecular formula is C54H65ClN12O4S. The van der Waals surface area contributed by atoms with Gasteiger partial charge in [0.05, 0.1) is 17.7 Å². The molecule has 3 fully saturated rings. The Morgan fingerprint density at radius 1 is 0.792 bits per heavy atom. The van der Waals surface area contributed by atoms with E-state index >= 15 is 0 Å².